The van der Waals surface area contributed by atoms with Crippen LogP contribution in [0.5, 0.6) is 0 Å². The fraction of sp³-hybridized carbons (Fsp3) is 0.583. The Labute approximate surface area is 97.1 Å². The second-order valence-electron chi connectivity index (χ2n) is 3.99. The van der Waals surface area contributed by atoms with Crippen molar-refractivity contribution < 1.29 is 0 Å². The molecule has 0 aliphatic rings. The zero-order chi connectivity index (χ0) is 11.1. The van der Waals surface area contributed by atoms with Crippen LogP contribution in [0.1, 0.15) is 32.4 Å². The van der Waals surface area contributed by atoms with Gasteiger partial charge in [-0.2, -0.15) is 0 Å². The third kappa shape index (κ3) is 5.14. The zero-order valence-electron chi connectivity index (χ0n) is 9.46. The molecule has 0 spiro atoms. The molecule has 3 heteroatoms. The summed E-state index contributed by atoms with van der Waals surface area (Å²) in [6.07, 6.45) is 4.22. The van der Waals surface area contributed by atoms with Crippen molar-refractivity contribution in [2.75, 3.05) is 6.54 Å². The number of hydrogen-bond donors (Lipinski definition) is 1. The summed E-state index contributed by atoms with van der Waals surface area (Å²) in [5.41, 5.74) is 1.04. The number of hydrogen-bond acceptors (Lipinski definition) is 2. The highest BCUT2D eigenvalue weighted by atomic mass is 35.5. The lowest BCUT2D eigenvalue weighted by Crippen LogP contribution is -2.21. The maximum absolute atomic E-state index is 5.75. The minimum Gasteiger partial charge on any atom is -0.311 e. The monoisotopic (exact) mass is 226 g/mol. The summed E-state index contributed by atoms with van der Waals surface area (Å²) in [6.45, 7) is 6.37. The van der Waals surface area contributed by atoms with Crippen LogP contribution in [0.2, 0.25) is 5.02 Å². The van der Waals surface area contributed by atoms with Crippen LogP contribution in [0.25, 0.3) is 0 Å². The van der Waals surface area contributed by atoms with Gasteiger partial charge in [-0.3, -0.25) is 4.98 Å². The quantitative estimate of drug-likeness (QED) is 0.806. The van der Waals surface area contributed by atoms with Crippen LogP contribution in [-0.2, 0) is 6.54 Å². The Balaban J connectivity index is 2.22. The van der Waals surface area contributed by atoms with E-state index in [2.05, 4.69) is 24.1 Å². The van der Waals surface area contributed by atoms with Crippen molar-refractivity contribution in [3.05, 3.63) is 29.0 Å². The Kier molecular flexibility index (Phi) is 5.66. The lowest BCUT2D eigenvalue weighted by Gasteiger charge is -2.10. The average Bonchev–Trinajstić information content (AvgIpc) is 2.21. The zero-order valence-corrected chi connectivity index (χ0v) is 10.2. The number of nitrogens with zero attached hydrogens (tertiary/aromatic N) is 1. The van der Waals surface area contributed by atoms with Crippen molar-refractivity contribution in [2.24, 2.45) is 5.92 Å². The van der Waals surface area contributed by atoms with Gasteiger partial charge in [-0.15, -0.1) is 0 Å². The van der Waals surface area contributed by atoms with Crippen molar-refractivity contribution >= 4 is 11.6 Å². The highest BCUT2D eigenvalue weighted by Crippen LogP contribution is 2.06. The second kappa shape index (κ2) is 6.81. The Morgan fingerprint density at radius 2 is 2.27 bits per heavy atom. The van der Waals surface area contributed by atoms with Crippen LogP contribution >= 0.6 is 11.6 Å². The molecular weight excluding hydrogens is 208 g/mol. The number of pyridine rings is 1. The fourth-order valence-corrected chi connectivity index (χ4v) is 1.66. The Hall–Kier alpha value is -0.600. The van der Waals surface area contributed by atoms with Gasteiger partial charge in [0.1, 0.15) is 0 Å². The van der Waals surface area contributed by atoms with Gasteiger partial charge in [0, 0.05) is 12.7 Å². The molecule has 0 aliphatic carbocycles. The highest BCUT2D eigenvalue weighted by Gasteiger charge is 2.00. The molecule has 1 N–H and O–H groups in total. The molecule has 1 aromatic heterocycles. The normalized spacial score (nSPS) is 12.7. The van der Waals surface area contributed by atoms with E-state index < -0.39 is 0 Å². The van der Waals surface area contributed by atoms with Gasteiger partial charge in [0.15, 0.2) is 0 Å². The molecule has 0 saturated carbocycles. The predicted molar refractivity (Wildman–Crippen MR) is 65.0 cm³/mol. The summed E-state index contributed by atoms with van der Waals surface area (Å²) in [4.78, 5) is 4.23. The molecule has 1 aromatic rings. The van der Waals surface area contributed by atoms with Gasteiger partial charge in [-0.1, -0.05) is 31.9 Å². The molecule has 0 radical (unpaired) electrons. The molecule has 1 atom stereocenters. The third-order valence-electron chi connectivity index (χ3n) is 2.37. The predicted octanol–water partition coefficient (Wildman–Crippen LogP) is 3.26. The van der Waals surface area contributed by atoms with Gasteiger partial charge in [-0.25, -0.2) is 0 Å². The molecule has 1 unspecified atom stereocenters. The Bertz CT molecular complexity index is 271. The van der Waals surface area contributed by atoms with E-state index in [-0.39, 0.29) is 0 Å². The Morgan fingerprint density at radius 3 is 2.87 bits per heavy atom. The van der Waals surface area contributed by atoms with Gasteiger partial charge >= 0.3 is 0 Å². The maximum Gasteiger partial charge on any atom is 0.0589 e. The lowest BCUT2D eigenvalue weighted by molar-refractivity contribution is 0.474. The van der Waals surface area contributed by atoms with Crippen LogP contribution in [0.15, 0.2) is 18.3 Å². The topological polar surface area (TPSA) is 24.9 Å². The molecule has 0 fully saturated rings. The Morgan fingerprint density at radius 1 is 1.47 bits per heavy atom. The van der Waals surface area contributed by atoms with E-state index in [1.807, 2.05) is 12.1 Å². The summed E-state index contributed by atoms with van der Waals surface area (Å²) < 4.78 is 0. The standard InChI is InChI=1S/C12H19ClN2/c1-3-4-10(2)7-14-9-12-6-5-11(13)8-15-12/h5-6,8,10,14H,3-4,7,9H2,1-2H3. The van der Waals surface area contributed by atoms with Crippen LogP contribution < -0.4 is 5.32 Å². The number of nitrogens with one attached hydrogen (secondary N) is 1. The van der Waals surface area contributed by atoms with E-state index in [0.717, 1.165) is 24.7 Å². The second-order valence-corrected chi connectivity index (χ2v) is 4.43. The first-order valence-electron chi connectivity index (χ1n) is 5.53. The van der Waals surface area contributed by atoms with Crippen molar-refractivity contribution in [1.29, 1.82) is 0 Å². The van der Waals surface area contributed by atoms with E-state index in [4.69, 9.17) is 11.6 Å². The molecular formula is C12H19ClN2. The van der Waals surface area contributed by atoms with E-state index in [1.54, 1.807) is 6.20 Å². The third-order valence-corrected chi connectivity index (χ3v) is 2.59. The van der Waals surface area contributed by atoms with Gasteiger partial charge in [-0.05, 0) is 31.0 Å². The summed E-state index contributed by atoms with van der Waals surface area (Å²) in [5, 5.41) is 4.09. The minimum absolute atomic E-state index is 0.693. The van der Waals surface area contributed by atoms with Crippen LogP contribution in [0.3, 0.4) is 0 Å². The van der Waals surface area contributed by atoms with Crippen molar-refractivity contribution in [1.82, 2.24) is 10.3 Å². The first-order chi connectivity index (χ1) is 7.22. The lowest BCUT2D eigenvalue weighted by atomic mass is 10.1. The van der Waals surface area contributed by atoms with E-state index in [9.17, 15) is 0 Å². The van der Waals surface area contributed by atoms with Gasteiger partial charge < -0.3 is 5.32 Å². The molecule has 0 saturated heterocycles. The van der Waals surface area contributed by atoms with Gasteiger partial charge in [0.25, 0.3) is 0 Å². The van der Waals surface area contributed by atoms with E-state index in [1.165, 1.54) is 12.8 Å². The summed E-state index contributed by atoms with van der Waals surface area (Å²) in [6, 6.07) is 3.83. The first kappa shape index (κ1) is 12.5. The molecule has 0 amide bonds. The van der Waals surface area contributed by atoms with Gasteiger partial charge in [0.2, 0.25) is 0 Å². The summed E-state index contributed by atoms with van der Waals surface area (Å²) >= 11 is 5.75. The number of rotatable bonds is 6. The van der Waals surface area contributed by atoms with E-state index >= 15 is 0 Å². The summed E-state index contributed by atoms with van der Waals surface area (Å²) in [5.74, 6) is 0.738. The molecule has 1 heterocycles. The van der Waals surface area contributed by atoms with Gasteiger partial charge in [0.05, 0.1) is 10.7 Å². The van der Waals surface area contributed by atoms with E-state index in [0.29, 0.717) is 5.02 Å². The molecule has 2 nitrogen and oxygen atoms in total. The largest absolute Gasteiger partial charge is 0.311 e. The maximum atomic E-state index is 5.75. The number of aromatic nitrogens is 1. The van der Waals surface area contributed by atoms with Crippen molar-refractivity contribution in [3.8, 4) is 0 Å². The van der Waals surface area contributed by atoms with Crippen LogP contribution in [0.4, 0.5) is 0 Å². The molecule has 0 aliphatic heterocycles. The van der Waals surface area contributed by atoms with Crippen LogP contribution in [-0.4, -0.2) is 11.5 Å². The van der Waals surface area contributed by atoms with Crippen molar-refractivity contribution in [2.45, 2.75) is 33.2 Å². The van der Waals surface area contributed by atoms with Crippen molar-refractivity contribution in [3.63, 3.8) is 0 Å². The first-order valence-corrected chi connectivity index (χ1v) is 5.91. The van der Waals surface area contributed by atoms with Crippen LogP contribution in [0, 0.1) is 5.92 Å². The minimum atomic E-state index is 0.693. The molecule has 15 heavy (non-hydrogen) atoms. The smallest absolute Gasteiger partial charge is 0.0589 e. The molecule has 1 rings (SSSR count). The fourth-order valence-electron chi connectivity index (χ4n) is 1.55. The average molecular weight is 227 g/mol. The summed E-state index contributed by atoms with van der Waals surface area (Å²) in [7, 11) is 0. The molecule has 0 bridgehead atoms. The number of halogens is 1. The SMILES string of the molecule is CCCC(C)CNCc1ccc(Cl)cn1. The highest BCUT2D eigenvalue weighted by molar-refractivity contribution is 6.30. The molecule has 0 aromatic carbocycles. The molecule has 84 valence electrons.